The Balaban J connectivity index is 1.44. The second-order valence-corrected chi connectivity index (χ2v) is 8.53. The smallest absolute Gasteiger partial charge is 0.296 e. The van der Waals surface area contributed by atoms with Crippen LogP contribution in [0.1, 0.15) is 39.0 Å². The van der Waals surface area contributed by atoms with Gasteiger partial charge < -0.3 is 13.7 Å². The molecule has 0 spiro atoms. The lowest BCUT2D eigenvalue weighted by Crippen LogP contribution is -2.29. The van der Waals surface area contributed by atoms with E-state index in [0.717, 1.165) is 11.6 Å². The molecule has 7 nitrogen and oxygen atoms in total. The van der Waals surface area contributed by atoms with Crippen LogP contribution in [0.4, 0.5) is 10.2 Å². The Labute approximate surface area is 204 Å². The molecule has 0 radical (unpaired) electrons. The minimum Gasteiger partial charge on any atom is -0.489 e. The van der Waals surface area contributed by atoms with E-state index < -0.39 is 23.2 Å². The average molecular weight is 482 g/mol. The molecule has 1 aliphatic heterocycles. The molecule has 6 rings (SSSR count). The molecule has 0 saturated heterocycles. The van der Waals surface area contributed by atoms with Gasteiger partial charge in [-0.2, -0.15) is 0 Å². The molecule has 178 valence electrons. The van der Waals surface area contributed by atoms with Gasteiger partial charge >= 0.3 is 0 Å². The molecule has 0 saturated carbocycles. The van der Waals surface area contributed by atoms with Gasteiger partial charge in [0.25, 0.3) is 5.91 Å². The Morgan fingerprint density at radius 2 is 1.78 bits per heavy atom. The van der Waals surface area contributed by atoms with Crippen LogP contribution in [-0.4, -0.2) is 11.1 Å². The zero-order valence-electron chi connectivity index (χ0n) is 19.1. The number of anilines is 1. The number of carbonyl (C=O) groups is 1. The van der Waals surface area contributed by atoms with Crippen molar-refractivity contribution in [2.24, 2.45) is 0 Å². The van der Waals surface area contributed by atoms with Crippen molar-refractivity contribution in [1.82, 2.24) is 5.16 Å². The summed E-state index contributed by atoms with van der Waals surface area (Å²) < 4.78 is 30.9. The fourth-order valence-electron chi connectivity index (χ4n) is 4.45. The summed E-state index contributed by atoms with van der Waals surface area (Å²) >= 11 is 0. The predicted octanol–water partition coefficient (Wildman–Crippen LogP) is 5.56. The van der Waals surface area contributed by atoms with Gasteiger partial charge in [-0.25, -0.2) is 4.39 Å². The van der Waals surface area contributed by atoms with E-state index in [0.29, 0.717) is 23.7 Å². The lowest BCUT2D eigenvalue weighted by Gasteiger charge is -2.22. The fourth-order valence-corrected chi connectivity index (χ4v) is 4.45. The average Bonchev–Trinajstić information content (AvgIpc) is 3.45. The zero-order chi connectivity index (χ0) is 24.8. The highest BCUT2D eigenvalue weighted by molar-refractivity contribution is 6.10. The van der Waals surface area contributed by atoms with Crippen molar-refractivity contribution in [2.75, 3.05) is 4.90 Å². The number of benzene rings is 3. The molecule has 2 aromatic heterocycles. The SMILES string of the molecule is Cc1cc(N2C(=O)c3oc4ccc(F)cc4c(=O)c3[C@H]2c2ccc(OCc3ccccc3)cc2)no1. The first kappa shape index (κ1) is 21.8. The quantitative estimate of drug-likeness (QED) is 0.326. The number of nitrogens with zero attached hydrogens (tertiary/aromatic N) is 2. The number of fused-ring (bicyclic) bond motifs is 2. The van der Waals surface area contributed by atoms with E-state index >= 15 is 0 Å². The molecule has 0 aliphatic carbocycles. The van der Waals surface area contributed by atoms with E-state index in [9.17, 15) is 14.0 Å². The third-order valence-corrected chi connectivity index (χ3v) is 6.14. The molecule has 0 unspecified atom stereocenters. The van der Waals surface area contributed by atoms with Crippen LogP contribution in [0.5, 0.6) is 5.75 Å². The third-order valence-electron chi connectivity index (χ3n) is 6.14. The van der Waals surface area contributed by atoms with Gasteiger partial charge in [0.15, 0.2) is 11.2 Å². The lowest BCUT2D eigenvalue weighted by molar-refractivity contribution is 0.0969. The highest BCUT2D eigenvalue weighted by Crippen LogP contribution is 2.41. The van der Waals surface area contributed by atoms with Gasteiger partial charge in [-0.3, -0.25) is 14.5 Å². The summed E-state index contributed by atoms with van der Waals surface area (Å²) in [6.07, 6.45) is 0. The monoisotopic (exact) mass is 482 g/mol. The minimum atomic E-state index is -0.843. The standard InChI is InChI=1S/C28H19FN2O5/c1-16-13-23(30-36-16)31-25(18-7-10-20(11-8-18)34-15-17-5-3-2-4-6-17)24-26(32)21-14-19(29)9-12-22(21)35-27(24)28(31)33/h2-14,25H,15H2,1H3/t25-/m1/s1. The van der Waals surface area contributed by atoms with Crippen molar-refractivity contribution < 1.29 is 22.9 Å². The zero-order valence-corrected chi connectivity index (χ0v) is 19.1. The van der Waals surface area contributed by atoms with E-state index in [1.807, 2.05) is 30.3 Å². The van der Waals surface area contributed by atoms with Crippen molar-refractivity contribution >= 4 is 22.7 Å². The van der Waals surface area contributed by atoms with Gasteiger partial charge in [0.05, 0.1) is 17.0 Å². The molecule has 0 N–H and O–H groups in total. The summed E-state index contributed by atoms with van der Waals surface area (Å²) in [5.74, 6) is 0.171. The number of hydrogen-bond donors (Lipinski definition) is 0. The van der Waals surface area contributed by atoms with E-state index in [1.165, 1.54) is 17.0 Å². The molecule has 5 aromatic rings. The predicted molar refractivity (Wildman–Crippen MR) is 130 cm³/mol. The van der Waals surface area contributed by atoms with Crippen LogP contribution in [0.25, 0.3) is 11.0 Å². The number of aryl methyl sites for hydroxylation is 1. The van der Waals surface area contributed by atoms with Crippen molar-refractivity contribution in [1.29, 1.82) is 0 Å². The maximum atomic E-state index is 14.0. The number of carbonyl (C=O) groups excluding carboxylic acids is 1. The summed E-state index contributed by atoms with van der Waals surface area (Å²) in [5.41, 5.74) is 1.45. The number of rotatable bonds is 5. The first-order valence-corrected chi connectivity index (χ1v) is 11.3. The van der Waals surface area contributed by atoms with E-state index in [-0.39, 0.29) is 28.1 Å². The molecule has 36 heavy (non-hydrogen) atoms. The summed E-state index contributed by atoms with van der Waals surface area (Å²) in [6, 6.07) is 21.3. The Hall–Kier alpha value is -4.72. The van der Waals surface area contributed by atoms with Gasteiger partial charge in [0, 0.05) is 6.07 Å². The Morgan fingerprint density at radius 1 is 1.00 bits per heavy atom. The summed E-state index contributed by atoms with van der Waals surface area (Å²) in [5, 5.41) is 4.07. The van der Waals surface area contributed by atoms with Gasteiger partial charge in [-0.05, 0) is 48.4 Å². The highest BCUT2D eigenvalue weighted by atomic mass is 19.1. The first-order chi connectivity index (χ1) is 17.5. The second kappa shape index (κ2) is 8.49. The van der Waals surface area contributed by atoms with Crippen LogP contribution < -0.4 is 15.1 Å². The number of ether oxygens (including phenoxy) is 1. The third kappa shape index (κ3) is 3.63. The molecular weight excluding hydrogens is 463 g/mol. The van der Waals surface area contributed by atoms with E-state index in [1.54, 1.807) is 37.3 Å². The fraction of sp³-hybridized carbons (Fsp3) is 0.107. The molecule has 1 amide bonds. The molecule has 8 heteroatoms. The minimum absolute atomic E-state index is 0.0625. The molecule has 0 fully saturated rings. The molecule has 3 heterocycles. The Kier molecular flexibility index (Phi) is 5.14. The van der Waals surface area contributed by atoms with Gasteiger partial charge in [-0.15, -0.1) is 0 Å². The van der Waals surface area contributed by atoms with Crippen LogP contribution in [0.15, 0.2) is 92.6 Å². The number of halogens is 1. The van der Waals surface area contributed by atoms with Crippen LogP contribution in [0.3, 0.4) is 0 Å². The maximum absolute atomic E-state index is 14.0. The number of hydrogen-bond acceptors (Lipinski definition) is 6. The summed E-state index contributed by atoms with van der Waals surface area (Å²) in [7, 11) is 0. The Morgan fingerprint density at radius 3 is 2.50 bits per heavy atom. The van der Waals surface area contributed by atoms with E-state index in [4.69, 9.17) is 13.7 Å². The topological polar surface area (TPSA) is 85.8 Å². The largest absolute Gasteiger partial charge is 0.489 e. The van der Waals surface area contributed by atoms with Crippen molar-refractivity contribution in [2.45, 2.75) is 19.6 Å². The summed E-state index contributed by atoms with van der Waals surface area (Å²) in [6.45, 7) is 2.11. The van der Waals surface area contributed by atoms with Crippen LogP contribution in [0, 0.1) is 12.7 Å². The van der Waals surface area contributed by atoms with Crippen LogP contribution >= 0.6 is 0 Å². The molecule has 1 aliphatic rings. The second-order valence-electron chi connectivity index (χ2n) is 8.53. The highest BCUT2D eigenvalue weighted by Gasteiger charge is 2.44. The van der Waals surface area contributed by atoms with Crippen molar-refractivity contribution in [3.63, 3.8) is 0 Å². The number of amides is 1. The molecule has 3 aromatic carbocycles. The van der Waals surface area contributed by atoms with Crippen LogP contribution in [0.2, 0.25) is 0 Å². The molecule has 1 atom stereocenters. The summed E-state index contributed by atoms with van der Waals surface area (Å²) in [4.78, 5) is 28.4. The van der Waals surface area contributed by atoms with Crippen molar-refractivity contribution in [3.8, 4) is 5.75 Å². The lowest BCUT2D eigenvalue weighted by atomic mass is 9.98. The van der Waals surface area contributed by atoms with Gasteiger partial charge in [0.2, 0.25) is 5.76 Å². The maximum Gasteiger partial charge on any atom is 0.296 e. The Bertz CT molecular complexity index is 1660. The van der Waals surface area contributed by atoms with Crippen LogP contribution in [-0.2, 0) is 6.61 Å². The number of aromatic nitrogens is 1. The molecular formula is C28H19FN2O5. The first-order valence-electron chi connectivity index (χ1n) is 11.3. The van der Waals surface area contributed by atoms with E-state index in [2.05, 4.69) is 5.16 Å². The van der Waals surface area contributed by atoms with Crippen molar-refractivity contribution in [3.05, 3.63) is 123 Å². The normalized spacial score (nSPS) is 14.9. The van der Waals surface area contributed by atoms with Gasteiger partial charge in [-0.1, -0.05) is 47.6 Å². The van der Waals surface area contributed by atoms with Gasteiger partial charge in [0.1, 0.15) is 29.5 Å². The molecule has 0 bridgehead atoms.